The quantitative estimate of drug-likeness (QED) is 0.854. The standard InChI is InChI=1S/C12H10N2O3S/c1-18-10-5-3-2-4-9(10)17-11-8(12(15)16)6-7-13-14-11/h2-7H,1H3,(H,15,16). The molecule has 0 saturated carbocycles. The van der Waals surface area contributed by atoms with E-state index in [1.165, 1.54) is 24.0 Å². The lowest BCUT2D eigenvalue weighted by molar-refractivity contribution is 0.0693. The molecule has 0 saturated heterocycles. The molecule has 92 valence electrons. The fourth-order valence-corrected chi connectivity index (χ4v) is 1.89. The van der Waals surface area contributed by atoms with E-state index in [4.69, 9.17) is 9.84 Å². The van der Waals surface area contributed by atoms with Crippen LogP contribution in [0.15, 0.2) is 41.4 Å². The number of para-hydroxylation sites is 1. The molecule has 0 atom stereocenters. The summed E-state index contributed by atoms with van der Waals surface area (Å²) in [6, 6.07) is 8.69. The van der Waals surface area contributed by atoms with Gasteiger partial charge in [-0.25, -0.2) is 4.79 Å². The van der Waals surface area contributed by atoms with E-state index >= 15 is 0 Å². The Morgan fingerprint density at radius 2 is 2.11 bits per heavy atom. The van der Waals surface area contributed by atoms with Crippen molar-refractivity contribution >= 4 is 17.7 Å². The van der Waals surface area contributed by atoms with Crippen molar-refractivity contribution in [3.05, 3.63) is 42.1 Å². The van der Waals surface area contributed by atoms with Gasteiger partial charge in [0.05, 0.1) is 6.20 Å². The molecule has 0 radical (unpaired) electrons. The molecule has 0 amide bonds. The fraction of sp³-hybridized carbons (Fsp3) is 0.0833. The molecular weight excluding hydrogens is 252 g/mol. The smallest absolute Gasteiger partial charge is 0.341 e. The zero-order valence-corrected chi connectivity index (χ0v) is 10.3. The molecule has 0 aliphatic carbocycles. The van der Waals surface area contributed by atoms with Gasteiger partial charge in [-0.05, 0) is 24.5 Å². The Morgan fingerprint density at radius 3 is 2.83 bits per heavy atom. The van der Waals surface area contributed by atoms with E-state index in [0.717, 1.165) is 4.90 Å². The Kier molecular flexibility index (Phi) is 3.78. The minimum Gasteiger partial charge on any atom is -0.477 e. The number of hydrogen-bond donors (Lipinski definition) is 1. The van der Waals surface area contributed by atoms with Crippen molar-refractivity contribution in [2.45, 2.75) is 4.90 Å². The van der Waals surface area contributed by atoms with E-state index in [-0.39, 0.29) is 11.4 Å². The van der Waals surface area contributed by atoms with Crippen LogP contribution in [0, 0.1) is 0 Å². The lowest BCUT2D eigenvalue weighted by Crippen LogP contribution is -2.03. The third-order valence-corrected chi connectivity index (χ3v) is 2.97. The second-order valence-corrected chi connectivity index (χ2v) is 4.16. The Balaban J connectivity index is 2.37. The van der Waals surface area contributed by atoms with Crippen LogP contribution in [0.3, 0.4) is 0 Å². The highest BCUT2D eigenvalue weighted by molar-refractivity contribution is 7.98. The van der Waals surface area contributed by atoms with Crippen LogP contribution in [0.2, 0.25) is 0 Å². The molecule has 1 aromatic heterocycles. The van der Waals surface area contributed by atoms with Crippen LogP contribution in [0.25, 0.3) is 0 Å². The molecule has 2 aromatic rings. The summed E-state index contributed by atoms with van der Waals surface area (Å²) < 4.78 is 5.52. The molecule has 0 bridgehead atoms. The molecule has 5 nitrogen and oxygen atoms in total. The predicted octanol–water partition coefficient (Wildman–Crippen LogP) is 2.69. The Labute approximate surface area is 108 Å². The summed E-state index contributed by atoms with van der Waals surface area (Å²) in [7, 11) is 0. The number of carbonyl (C=O) groups is 1. The van der Waals surface area contributed by atoms with Crippen molar-refractivity contribution in [2.24, 2.45) is 0 Å². The summed E-state index contributed by atoms with van der Waals surface area (Å²) in [5.41, 5.74) is -0.0130. The van der Waals surface area contributed by atoms with Crippen LogP contribution in [-0.4, -0.2) is 27.5 Å². The first kappa shape index (κ1) is 12.4. The molecule has 18 heavy (non-hydrogen) atoms. The van der Waals surface area contributed by atoms with Gasteiger partial charge in [0.25, 0.3) is 5.88 Å². The third-order valence-electron chi connectivity index (χ3n) is 2.19. The van der Waals surface area contributed by atoms with E-state index in [2.05, 4.69) is 10.2 Å². The number of nitrogens with zero attached hydrogens (tertiary/aromatic N) is 2. The normalized spacial score (nSPS) is 10.1. The van der Waals surface area contributed by atoms with E-state index < -0.39 is 5.97 Å². The lowest BCUT2D eigenvalue weighted by atomic mass is 10.3. The van der Waals surface area contributed by atoms with Gasteiger partial charge in [0.1, 0.15) is 11.3 Å². The van der Waals surface area contributed by atoms with Crippen LogP contribution in [-0.2, 0) is 0 Å². The molecule has 1 N–H and O–H groups in total. The molecule has 0 aliphatic heterocycles. The predicted molar refractivity (Wildman–Crippen MR) is 67.3 cm³/mol. The van der Waals surface area contributed by atoms with Crippen molar-refractivity contribution in [1.29, 1.82) is 0 Å². The monoisotopic (exact) mass is 262 g/mol. The second-order valence-electron chi connectivity index (χ2n) is 3.31. The Morgan fingerprint density at radius 1 is 1.33 bits per heavy atom. The average molecular weight is 262 g/mol. The molecular formula is C12H10N2O3S. The van der Waals surface area contributed by atoms with Gasteiger partial charge in [-0.3, -0.25) is 0 Å². The van der Waals surface area contributed by atoms with Gasteiger partial charge in [0.2, 0.25) is 0 Å². The first-order valence-electron chi connectivity index (χ1n) is 5.08. The zero-order valence-electron chi connectivity index (χ0n) is 9.53. The maximum Gasteiger partial charge on any atom is 0.341 e. The first-order valence-corrected chi connectivity index (χ1v) is 6.30. The number of aromatic nitrogens is 2. The number of aromatic carboxylic acids is 1. The number of rotatable bonds is 4. The highest BCUT2D eigenvalue weighted by atomic mass is 32.2. The van der Waals surface area contributed by atoms with Gasteiger partial charge in [-0.1, -0.05) is 12.1 Å². The van der Waals surface area contributed by atoms with Gasteiger partial charge >= 0.3 is 5.97 Å². The van der Waals surface area contributed by atoms with Gasteiger partial charge in [-0.2, -0.15) is 5.10 Å². The van der Waals surface area contributed by atoms with Crippen LogP contribution in [0.1, 0.15) is 10.4 Å². The Bertz CT molecular complexity index is 575. The number of hydrogen-bond acceptors (Lipinski definition) is 5. The maximum atomic E-state index is 11.0. The summed E-state index contributed by atoms with van der Waals surface area (Å²) in [4.78, 5) is 11.9. The summed E-state index contributed by atoms with van der Waals surface area (Å²) in [5, 5.41) is 16.4. The minimum atomic E-state index is -1.10. The average Bonchev–Trinajstić information content (AvgIpc) is 2.40. The molecule has 2 rings (SSSR count). The van der Waals surface area contributed by atoms with E-state index in [1.54, 1.807) is 6.07 Å². The number of carboxylic acid groups (broad SMARTS) is 1. The van der Waals surface area contributed by atoms with Crippen LogP contribution in [0.4, 0.5) is 0 Å². The largest absolute Gasteiger partial charge is 0.477 e. The lowest BCUT2D eigenvalue weighted by Gasteiger charge is -2.09. The van der Waals surface area contributed by atoms with E-state index in [9.17, 15) is 4.79 Å². The minimum absolute atomic E-state index is 0.00787. The molecule has 0 spiro atoms. The van der Waals surface area contributed by atoms with E-state index in [1.807, 2.05) is 24.5 Å². The summed E-state index contributed by atoms with van der Waals surface area (Å²) in [6.45, 7) is 0. The number of thioether (sulfide) groups is 1. The molecule has 1 heterocycles. The topological polar surface area (TPSA) is 72.3 Å². The first-order chi connectivity index (χ1) is 8.72. The van der Waals surface area contributed by atoms with Gasteiger partial charge in [0.15, 0.2) is 0 Å². The molecule has 1 aromatic carbocycles. The number of ether oxygens (including phenoxy) is 1. The summed E-state index contributed by atoms with van der Waals surface area (Å²) in [6.07, 6.45) is 3.23. The highest BCUT2D eigenvalue weighted by Gasteiger charge is 2.14. The van der Waals surface area contributed by atoms with Crippen LogP contribution >= 0.6 is 11.8 Å². The maximum absolute atomic E-state index is 11.0. The highest BCUT2D eigenvalue weighted by Crippen LogP contribution is 2.31. The zero-order chi connectivity index (χ0) is 13.0. The van der Waals surface area contributed by atoms with Crippen LogP contribution in [0.5, 0.6) is 11.6 Å². The molecule has 0 aliphatic rings. The fourth-order valence-electron chi connectivity index (χ4n) is 1.36. The SMILES string of the molecule is CSc1ccccc1Oc1nnccc1C(=O)O. The van der Waals surface area contributed by atoms with Crippen molar-refractivity contribution in [2.75, 3.05) is 6.26 Å². The third kappa shape index (κ3) is 2.60. The van der Waals surface area contributed by atoms with Crippen molar-refractivity contribution in [1.82, 2.24) is 10.2 Å². The molecule has 0 unspecified atom stereocenters. The van der Waals surface area contributed by atoms with Gasteiger partial charge in [-0.15, -0.1) is 16.9 Å². The van der Waals surface area contributed by atoms with Gasteiger partial charge in [0, 0.05) is 4.90 Å². The molecule has 6 heteroatoms. The second kappa shape index (κ2) is 5.50. The van der Waals surface area contributed by atoms with Gasteiger partial charge < -0.3 is 9.84 Å². The summed E-state index contributed by atoms with van der Waals surface area (Å²) >= 11 is 1.51. The van der Waals surface area contributed by atoms with Crippen molar-refractivity contribution < 1.29 is 14.6 Å². The number of benzene rings is 1. The molecule has 0 fully saturated rings. The summed E-state index contributed by atoms with van der Waals surface area (Å²) in [5.74, 6) is -0.541. The van der Waals surface area contributed by atoms with E-state index in [0.29, 0.717) is 5.75 Å². The Hall–Kier alpha value is -2.08. The van der Waals surface area contributed by atoms with Crippen LogP contribution < -0.4 is 4.74 Å². The number of carboxylic acids is 1. The van der Waals surface area contributed by atoms with Crippen molar-refractivity contribution in [3.63, 3.8) is 0 Å². The van der Waals surface area contributed by atoms with Crippen molar-refractivity contribution in [3.8, 4) is 11.6 Å².